The van der Waals surface area contributed by atoms with Crippen molar-refractivity contribution in [2.24, 2.45) is 0 Å². The minimum atomic E-state index is 0.000658. The van der Waals surface area contributed by atoms with Crippen LogP contribution < -0.4 is 0 Å². The van der Waals surface area contributed by atoms with Crippen molar-refractivity contribution in [1.82, 2.24) is 0 Å². The highest BCUT2D eigenvalue weighted by Crippen LogP contribution is 2.16. The van der Waals surface area contributed by atoms with E-state index in [4.69, 9.17) is 15.9 Å². The Balaban J connectivity index is 2.24. The van der Waals surface area contributed by atoms with Gasteiger partial charge in [-0.3, -0.25) is 0 Å². The molecule has 2 rings (SSSR count). The summed E-state index contributed by atoms with van der Waals surface area (Å²) in [5.74, 6) is 3.38. The minimum absolute atomic E-state index is 0.000658. The van der Waals surface area contributed by atoms with Crippen LogP contribution >= 0.6 is 0 Å². The van der Waals surface area contributed by atoms with Gasteiger partial charge < -0.3 is 9.52 Å². The summed E-state index contributed by atoms with van der Waals surface area (Å²) in [7, 11) is 0. The zero-order valence-electron chi connectivity index (χ0n) is 8.81. The largest absolute Gasteiger partial charge is 0.469 e. The van der Waals surface area contributed by atoms with E-state index in [0.29, 0.717) is 6.42 Å². The van der Waals surface area contributed by atoms with Gasteiger partial charge in [-0.25, -0.2) is 0 Å². The van der Waals surface area contributed by atoms with Crippen LogP contribution in [0.5, 0.6) is 0 Å². The zero-order chi connectivity index (χ0) is 11.4. The summed E-state index contributed by atoms with van der Waals surface area (Å²) in [6.07, 6.45) is 7.58. The molecule has 0 amide bonds. The monoisotopic (exact) mass is 212 g/mol. The topological polar surface area (TPSA) is 33.4 Å². The molecule has 1 aromatic heterocycles. The smallest absolute Gasteiger partial charge is 0.113 e. The van der Waals surface area contributed by atoms with Crippen LogP contribution in [0.15, 0.2) is 41.0 Å². The van der Waals surface area contributed by atoms with Crippen LogP contribution in [0, 0.1) is 12.3 Å². The molecule has 0 atom stereocenters. The van der Waals surface area contributed by atoms with Gasteiger partial charge >= 0.3 is 0 Å². The van der Waals surface area contributed by atoms with Crippen molar-refractivity contribution in [2.45, 2.75) is 13.0 Å². The summed E-state index contributed by atoms with van der Waals surface area (Å²) in [6.45, 7) is 0.000658. The molecule has 1 heterocycles. The molecule has 0 aliphatic carbocycles. The summed E-state index contributed by atoms with van der Waals surface area (Å²) in [5.41, 5.74) is 2.76. The van der Waals surface area contributed by atoms with Gasteiger partial charge in [0.05, 0.1) is 12.9 Å². The molecule has 0 fully saturated rings. The Labute approximate surface area is 94.5 Å². The van der Waals surface area contributed by atoms with Gasteiger partial charge in [-0.1, -0.05) is 18.1 Å². The first kappa shape index (κ1) is 10.5. The quantitative estimate of drug-likeness (QED) is 0.792. The van der Waals surface area contributed by atoms with Crippen LogP contribution in [0.4, 0.5) is 0 Å². The SMILES string of the molecule is C#Cc1cccc(Cc2occc2CO)c1. The lowest BCUT2D eigenvalue weighted by Crippen LogP contribution is -1.92. The molecule has 0 saturated heterocycles. The van der Waals surface area contributed by atoms with Gasteiger partial charge in [-0.05, 0) is 23.8 Å². The molecule has 0 spiro atoms. The molecular weight excluding hydrogens is 200 g/mol. The lowest BCUT2D eigenvalue weighted by Gasteiger charge is -2.01. The van der Waals surface area contributed by atoms with Crippen LogP contribution in [-0.2, 0) is 13.0 Å². The fraction of sp³-hybridized carbons (Fsp3) is 0.143. The van der Waals surface area contributed by atoms with Crippen molar-refractivity contribution in [2.75, 3.05) is 0 Å². The van der Waals surface area contributed by atoms with Crippen molar-refractivity contribution in [3.63, 3.8) is 0 Å². The molecule has 1 aromatic carbocycles. The van der Waals surface area contributed by atoms with E-state index in [9.17, 15) is 0 Å². The van der Waals surface area contributed by atoms with E-state index in [2.05, 4.69) is 5.92 Å². The van der Waals surface area contributed by atoms with E-state index in [1.807, 2.05) is 24.3 Å². The molecule has 0 bridgehead atoms. The van der Waals surface area contributed by atoms with Gasteiger partial charge in [-0.15, -0.1) is 6.42 Å². The maximum Gasteiger partial charge on any atom is 0.113 e. The Hall–Kier alpha value is -1.98. The first-order chi connectivity index (χ1) is 7.83. The lowest BCUT2D eigenvalue weighted by atomic mass is 10.1. The Bertz CT molecular complexity index is 518. The second kappa shape index (κ2) is 4.69. The van der Waals surface area contributed by atoms with E-state index in [1.165, 1.54) is 0 Å². The van der Waals surface area contributed by atoms with Crippen LogP contribution in [0.1, 0.15) is 22.5 Å². The molecular formula is C14H12O2. The molecule has 80 valence electrons. The van der Waals surface area contributed by atoms with Gasteiger partial charge in [0, 0.05) is 17.5 Å². The fourth-order valence-electron chi connectivity index (χ4n) is 1.62. The summed E-state index contributed by atoms with van der Waals surface area (Å²) >= 11 is 0. The maximum atomic E-state index is 9.09. The van der Waals surface area contributed by atoms with E-state index in [0.717, 1.165) is 22.5 Å². The molecule has 2 nitrogen and oxygen atoms in total. The number of rotatable bonds is 3. The Morgan fingerprint density at radius 3 is 2.94 bits per heavy atom. The number of hydrogen-bond donors (Lipinski definition) is 1. The molecule has 0 aliphatic heterocycles. The number of aliphatic hydroxyl groups excluding tert-OH is 1. The number of benzene rings is 1. The van der Waals surface area contributed by atoms with Crippen molar-refractivity contribution < 1.29 is 9.52 Å². The predicted octanol–water partition coefficient (Wildman–Crippen LogP) is 2.34. The highest BCUT2D eigenvalue weighted by Gasteiger charge is 2.06. The van der Waals surface area contributed by atoms with E-state index < -0.39 is 0 Å². The summed E-state index contributed by atoms with van der Waals surface area (Å²) < 4.78 is 5.32. The molecule has 2 aromatic rings. The van der Waals surface area contributed by atoms with Crippen LogP contribution in [0.25, 0.3) is 0 Å². The van der Waals surface area contributed by atoms with E-state index >= 15 is 0 Å². The van der Waals surface area contributed by atoms with Gasteiger partial charge in [0.2, 0.25) is 0 Å². The highest BCUT2D eigenvalue weighted by molar-refractivity contribution is 5.37. The third-order valence-corrected chi connectivity index (χ3v) is 2.47. The Kier molecular flexibility index (Phi) is 3.09. The molecule has 0 unspecified atom stereocenters. The second-order valence-corrected chi connectivity index (χ2v) is 3.55. The summed E-state index contributed by atoms with van der Waals surface area (Å²) in [6, 6.07) is 9.53. The van der Waals surface area contributed by atoms with Gasteiger partial charge in [0.1, 0.15) is 5.76 Å². The Morgan fingerprint density at radius 2 is 2.19 bits per heavy atom. The van der Waals surface area contributed by atoms with Crippen molar-refractivity contribution in [3.05, 3.63) is 59.0 Å². The lowest BCUT2D eigenvalue weighted by molar-refractivity contribution is 0.278. The van der Waals surface area contributed by atoms with Crippen molar-refractivity contribution >= 4 is 0 Å². The maximum absolute atomic E-state index is 9.09. The first-order valence-electron chi connectivity index (χ1n) is 5.05. The average Bonchev–Trinajstić information content (AvgIpc) is 2.76. The van der Waals surface area contributed by atoms with Crippen LogP contribution in [-0.4, -0.2) is 5.11 Å². The molecule has 2 heteroatoms. The second-order valence-electron chi connectivity index (χ2n) is 3.55. The van der Waals surface area contributed by atoms with Gasteiger partial charge in [0.15, 0.2) is 0 Å². The highest BCUT2D eigenvalue weighted by atomic mass is 16.3. The third-order valence-electron chi connectivity index (χ3n) is 2.47. The van der Waals surface area contributed by atoms with Crippen LogP contribution in [0.2, 0.25) is 0 Å². The number of aliphatic hydroxyl groups is 1. The Morgan fingerprint density at radius 1 is 1.31 bits per heavy atom. The predicted molar refractivity (Wildman–Crippen MR) is 61.8 cm³/mol. The van der Waals surface area contributed by atoms with Crippen molar-refractivity contribution in [3.8, 4) is 12.3 Å². The summed E-state index contributed by atoms with van der Waals surface area (Å²) in [5, 5.41) is 9.09. The van der Waals surface area contributed by atoms with E-state index in [1.54, 1.807) is 12.3 Å². The molecule has 0 saturated carbocycles. The minimum Gasteiger partial charge on any atom is -0.469 e. The average molecular weight is 212 g/mol. The zero-order valence-corrected chi connectivity index (χ0v) is 8.81. The summed E-state index contributed by atoms with van der Waals surface area (Å²) in [4.78, 5) is 0. The fourth-order valence-corrected chi connectivity index (χ4v) is 1.62. The number of terminal acetylenes is 1. The standard InChI is InChI=1S/C14H12O2/c1-2-11-4-3-5-12(8-11)9-14-13(10-15)6-7-16-14/h1,3-8,15H,9-10H2. The van der Waals surface area contributed by atoms with Crippen molar-refractivity contribution in [1.29, 1.82) is 0 Å². The first-order valence-corrected chi connectivity index (χ1v) is 5.05. The molecule has 0 radical (unpaired) electrons. The molecule has 0 aliphatic rings. The molecule has 1 N–H and O–H groups in total. The van der Waals surface area contributed by atoms with Gasteiger partial charge in [-0.2, -0.15) is 0 Å². The third kappa shape index (κ3) is 2.16. The number of furan rings is 1. The van der Waals surface area contributed by atoms with Gasteiger partial charge in [0.25, 0.3) is 0 Å². The van der Waals surface area contributed by atoms with Crippen LogP contribution in [0.3, 0.4) is 0 Å². The van der Waals surface area contributed by atoms with E-state index in [-0.39, 0.29) is 6.61 Å². The normalized spacial score (nSPS) is 10.0. The molecule has 16 heavy (non-hydrogen) atoms. The number of hydrogen-bond acceptors (Lipinski definition) is 2.